The number of rotatable bonds is 2. The molecule has 3 aromatic rings. The summed E-state index contributed by atoms with van der Waals surface area (Å²) in [5.41, 5.74) is 3.10. The fraction of sp³-hybridized carbons (Fsp3) is 0.250. The van der Waals surface area contributed by atoms with Gasteiger partial charge in [0.2, 0.25) is 0 Å². The molecule has 1 aliphatic heterocycles. The lowest BCUT2D eigenvalue weighted by Crippen LogP contribution is -2.46. The first-order valence-electron chi connectivity index (χ1n) is 8.70. The highest BCUT2D eigenvalue weighted by molar-refractivity contribution is 5.96. The third kappa shape index (κ3) is 2.88. The van der Waals surface area contributed by atoms with E-state index in [0.717, 1.165) is 37.3 Å². The van der Waals surface area contributed by atoms with Crippen LogP contribution in [0.2, 0.25) is 0 Å². The van der Waals surface area contributed by atoms with Crippen molar-refractivity contribution in [3.05, 3.63) is 64.7 Å². The van der Waals surface area contributed by atoms with Gasteiger partial charge in [0.1, 0.15) is 0 Å². The maximum Gasteiger partial charge on any atom is 0.259 e. The highest BCUT2D eigenvalue weighted by atomic mass is 16.2. The Kier molecular flexibility index (Phi) is 4.26. The highest BCUT2D eigenvalue weighted by Crippen LogP contribution is 2.25. The Hall–Kier alpha value is -2.99. The van der Waals surface area contributed by atoms with Crippen LogP contribution in [0, 0.1) is 0 Å². The second-order valence-corrected chi connectivity index (χ2v) is 6.48. The number of pyridine rings is 2. The molecule has 4 rings (SSSR count). The molecular weight excluding hydrogens is 328 g/mol. The van der Waals surface area contributed by atoms with Gasteiger partial charge in [-0.15, -0.1) is 0 Å². The van der Waals surface area contributed by atoms with Gasteiger partial charge in [-0.25, -0.2) is 0 Å². The fourth-order valence-electron chi connectivity index (χ4n) is 3.35. The molecule has 2 aromatic heterocycles. The van der Waals surface area contributed by atoms with E-state index in [1.807, 2.05) is 29.2 Å². The number of hydrogen-bond donors (Lipinski definition) is 1. The van der Waals surface area contributed by atoms with Gasteiger partial charge in [-0.1, -0.05) is 12.1 Å². The molecule has 1 amide bonds. The number of hydrogen-bond acceptors (Lipinski definition) is 4. The third-order valence-electron chi connectivity index (χ3n) is 4.78. The molecule has 132 valence electrons. The normalized spacial score (nSPS) is 14.6. The molecule has 1 aromatic carbocycles. The number of piperazine rings is 1. The lowest BCUT2D eigenvalue weighted by molar-refractivity contribution is 0.0736. The summed E-state index contributed by atoms with van der Waals surface area (Å²) in [7, 11) is 1.74. The molecule has 1 saturated heterocycles. The van der Waals surface area contributed by atoms with Gasteiger partial charge < -0.3 is 14.8 Å². The summed E-state index contributed by atoms with van der Waals surface area (Å²) in [6, 6.07) is 11.1. The van der Waals surface area contributed by atoms with Gasteiger partial charge in [-0.3, -0.25) is 14.6 Å². The van der Waals surface area contributed by atoms with Crippen LogP contribution in [0.1, 0.15) is 10.4 Å². The average molecular weight is 348 g/mol. The number of amides is 1. The molecule has 3 heterocycles. The zero-order chi connectivity index (χ0) is 18.1. The number of carbonyl (C=O) groups excluding carboxylic acids is 1. The quantitative estimate of drug-likeness (QED) is 0.765. The van der Waals surface area contributed by atoms with Crippen LogP contribution in [0.15, 0.2) is 53.6 Å². The second kappa shape index (κ2) is 6.72. The maximum atomic E-state index is 12.6. The Morgan fingerprint density at radius 2 is 1.85 bits per heavy atom. The second-order valence-electron chi connectivity index (χ2n) is 6.48. The summed E-state index contributed by atoms with van der Waals surface area (Å²) in [6.07, 6.45) is 3.48. The number of nitrogens with one attached hydrogen (secondary N) is 1. The van der Waals surface area contributed by atoms with Crippen molar-refractivity contribution < 1.29 is 4.79 Å². The Labute approximate surface area is 151 Å². The number of aromatic nitrogens is 2. The van der Waals surface area contributed by atoms with E-state index in [1.165, 1.54) is 0 Å². The van der Waals surface area contributed by atoms with Crippen LogP contribution in [0.3, 0.4) is 0 Å². The first kappa shape index (κ1) is 16.5. The van der Waals surface area contributed by atoms with Crippen molar-refractivity contribution in [2.45, 2.75) is 0 Å². The molecule has 0 spiro atoms. The Morgan fingerprint density at radius 1 is 1.12 bits per heavy atom. The Bertz CT molecular complexity index is 1020. The van der Waals surface area contributed by atoms with Gasteiger partial charge in [0.15, 0.2) is 0 Å². The van der Waals surface area contributed by atoms with Crippen molar-refractivity contribution in [1.82, 2.24) is 19.8 Å². The van der Waals surface area contributed by atoms with Gasteiger partial charge in [-0.2, -0.15) is 0 Å². The number of fused-ring (bicyclic) bond motifs is 1. The topological polar surface area (TPSA) is 67.2 Å². The van der Waals surface area contributed by atoms with Crippen molar-refractivity contribution >= 4 is 16.8 Å². The molecule has 0 bridgehead atoms. The minimum absolute atomic E-state index is 0.0569. The van der Waals surface area contributed by atoms with E-state index in [9.17, 15) is 9.59 Å². The summed E-state index contributed by atoms with van der Waals surface area (Å²) in [5.74, 6) is 0.0569. The first-order chi connectivity index (χ1) is 12.6. The third-order valence-corrected chi connectivity index (χ3v) is 4.78. The fourth-order valence-corrected chi connectivity index (χ4v) is 3.35. The summed E-state index contributed by atoms with van der Waals surface area (Å²) >= 11 is 0. The molecular formula is C20H20N4O2. The molecule has 0 radical (unpaired) electrons. The largest absolute Gasteiger partial charge is 0.336 e. The monoisotopic (exact) mass is 348 g/mol. The van der Waals surface area contributed by atoms with Gasteiger partial charge in [0.25, 0.3) is 11.5 Å². The van der Waals surface area contributed by atoms with Gasteiger partial charge in [0, 0.05) is 56.7 Å². The molecule has 1 N–H and O–H groups in total. The molecule has 0 unspecified atom stereocenters. The first-order valence-corrected chi connectivity index (χ1v) is 8.70. The van der Waals surface area contributed by atoms with Crippen LogP contribution >= 0.6 is 0 Å². The van der Waals surface area contributed by atoms with E-state index in [1.54, 1.807) is 36.1 Å². The van der Waals surface area contributed by atoms with E-state index in [-0.39, 0.29) is 11.5 Å². The van der Waals surface area contributed by atoms with Crippen molar-refractivity contribution in [1.29, 1.82) is 0 Å². The van der Waals surface area contributed by atoms with Crippen LogP contribution in [0.4, 0.5) is 0 Å². The molecule has 1 fully saturated rings. The average Bonchev–Trinajstić information content (AvgIpc) is 2.71. The zero-order valence-electron chi connectivity index (χ0n) is 14.6. The summed E-state index contributed by atoms with van der Waals surface area (Å²) in [4.78, 5) is 31.2. The smallest absolute Gasteiger partial charge is 0.259 e. The zero-order valence-corrected chi connectivity index (χ0v) is 14.6. The molecule has 1 aliphatic rings. The van der Waals surface area contributed by atoms with Crippen molar-refractivity contribution in [3.63, 3.8) is 0 Å². The predicted octanol–water partition coefficient (Wildman–Crippen LogP) is 1.65. The molecule has 0 atom stereocenters. The number of benzene rings is 1. The minimum Gasteiger partial charge on any atom is -0.336 e. The van der Waals surface area contributed by atoms with Gasteiger partial charge in [-0.05, 0) is 29.8 Å². The SMILES string of the molecule is Cn1cc(-c2ccc(C(=O)N3CCNCC3)cc2)c2ncccc2c1=O. The molecule has 6 nitrogen and oxygen atoms in total. The van der Waals surface area contributed by atoms with E-state index in [4.69, 9.17) is 0 Å². The predicted molar refractivity (Wildman–Crippen MR) is 101 cm³/mol. The van der Waals surface area contributed by atoms with Crippen LogP contribution in [0.25, 0.3) is 22.0 Å². The van der Waals surface area contributed by atoms with Crippen LogP contribution in [-0.4, -0.2) is 46.5 Å². The number of carbonyl (C=O) groups is 1. The van der Waals surface area contributed by atoms with E-state index >= 15 is 0 Å². The lowest BCUT2D eigenvalue weighted by atomic mass is 10.0. The number of nitrogens with zero attached hydrogens (tertiary/aromatic N) is 3. The Morgan fingerprint density at radius 3 is 2.58 bits per heavy atom. The molecule has 26 heavy (non-hydrogen) atoms. The van der Waals surface area contributed by atoms with Crippen molar-refractivity contribution in [2.24, 2.45) is 7.05 Å². The molecule has 0 saturated carbocycles. The Balaban J connectivity index is 1.72. The lowest BCUT2D eigenvalue weighted by Gasteiger charge is -2.27. The summed E-state index contributed by atoms with van der Waals surface area (Å²) in [5, 5.41) is 3.84. The summed E-state index contributed by atoms with van der Waals surface area (Å²) < 4.78 is 1.57. The molecule has 6 heteroatoms. The minimum atomic E-state index is -0.0673. The van der Waals surface area contributed by atoms with E-state index in [0.29, 0.717) is 16.5 Å². The van der Waals surface area contributed by atoms with Gasteiger partial charge >= 0.3 is 0 Å². The van der Waals surface area contributed by atoms with E-state index < -0.39 is 0 Å². The van der Waals surface area contributed by atoms with Crippen LogP contribution in [-0.2, 0) is 7.05 Å². The van der Waals surface area contributed by atoms with Crippen LogP contribution < -0.4 is 10.9 Å². The van der Waals surface area contributed by atoms with Crippen LogP contribution in [0.5, 0.6) is 0 Å². The maximum absolute atomic E-state index is 12.6. The standard InChI is InChI=1S/C20H20N4O2/c1-23-13-17(18-16(20(23)26)3-2-8-22-18)14-4-6-15(7-5-14)19(25)24-11-9-21-10-12-24/h2-8,13,21H,9-12H2,1H3. The molecule has 0 aliphatic carbocycles. The summed E-state index contributed by atoms with van der Waals surface area (Å²) in [6.45, 7) is 3.13. The van der Waals surface area contributed by atoms with Gasteiger partial charge in [0.05, 0.1) is 10.9 Å². The van der Waals surface area contributed by atoms with Crippen molar-refractivity contribution in [3.8, 4) is 11.1 Å². The van der Waals surface area contributed by atoms with E-state index in [2.05, 4.69) is 10.3 Å². The highest BCUT2D eigenvalue weighted by Gasteiger charge is 2.18. The van der Waals surface area contributed by atoms with Crippen molar-refractivity contribution in [2.75, 3.05) is 26.2 Å². The number of aryl methyl sites for hydroxylation is 1.